The molecule has 0 unspecified atom stereocenters. The number of carbonyl (C=O) groups is 3. The predicted octanol–water partition coefficient (Wildman–Crippen LogP) is 0.607. The van der Waals surface area contributed by atoms with Crippen molar-refractivity contribution in [3.8, 4) is 5.75 Å². The van der Waals surface area contributed by atoms with Crippen LogP contribution in [0, 0.1) is 0 Å². The maximum Gasteiger partial charge on any atom is 0.324 e. The monoisotopic (exact) mass is 317 g/mol. The van der Waals surface area contributed by atoms with Crippen LogP contribution in [0.2, 0.25) is 0 Å². The molecular weight excluding hydrogens is 298 g/mol. The number of benzene rings is 1. The van der Waals surface area contributed by atoms with Gasteiger partial charge in [0, 0.05) is 13.1 Å². The van der Waals surface area contributed by atoms with E-state index in [1.54, 1.807) is 24.0 Å². The maximum atomic E-state index is 12.5. The molecule has 2 heterocycles. The van der Waals surface area contributed by atoms with Gasteiger partial charge >= 0.3 is 6.03 Å². The zero-order valence-corrected chi connectivity index (χ0v) is 12.9. The molecule has 7 nitrogen and oxygen atoms in total. The van der Waals surface area contributed by atoms with Gasteiger partial charge in [0.1, 0.15) is 5.75 Å². The van der Waals surface area contributed by atoms with E-state index in [0.29, 0.717) is 25.3 Å². The lowest BCUT2D eigenvalue weighted by Gasteiger charge is -2.23. The van der Waals surface area contributed by atoms with Crippen LogP contribution in [0.25, 0.3) is 0 Å². The molecule has 2 atom stereocenters. The minimum Gasteiger partial charge on any atom is -0.481 e. The van der Waals surface area contributed by atoms with E-state index in [2.05, 4.69) is 5.32 Å². The van der Waals surface area contributed by atoms with Gasteiger partial charge in [0.25, 0.3) is 5.91 Å². The average Bonchev–Trinajstić information content (AvgIpc) is 3.14. The standard InChI is InChI=1S/C16H19N3O4/c1-11(23-13-5-3-2-4-6-13)15(21)18-8-7-12(10-18)19-14(20)9-17-16(19)22/h2-6,11-12H,7-10H2,1H3,(H,17,22)/t11-,12-/m0/s1. The molecule has 2 fully saturated rings. The lowest BCUT2D eigenvalue weighted by molar-refractivity contribution is -0.137. The van der Waals surface area contributed by atoms with Crippen LogP contribution in [0.5, 0.6) is 5.75 Å². The number of nitrogens with zero attached hydrogens (tertiary/aromatic N) is 2. The number of para-hydroxylation sites is 1. The number of rotatable bonds is 4. The van der Waals surface area contributed by atoms with E-state index in [4.69, 9.17) is 4.74 Å². The van der Waals surface area contributed by atoms with E-state index in [1.165, 1.54) is 4.90 Å². The fraction of sp³-hybridized carbons (Fsp3) is 0.438. The van der Waals surface area contributed by atoms with E-state index >= 15 is 0 Å². The zero-order chi connectivity index (χ0) is 16.4. The molecular formula is C16H19N3O4. The fourth-order valence-corrected chi connectivity index (χ4v) is 2.97. The first kappa shape index (κ1) is 15.3. The lowest BCUT2D eigenvalue weighted by atomic mass is 10.2. The molecule has 0 aromatic heterocycles. The minimum atomic E-state index is -0.612. The van der Waals surface area contributed by atoms with Crippen LogP contribution in [-0.2, 0) is 9.59 Å². The lowest BCUT2D eigenvalue weighted by Crippen LogP contribution is -2.44. The number of imide groups is 1. The normalized spacial score (nSPS) is 22.2. The number of nitrogens with one attached hydrogen (secondary N) is 1. The summed E-state index contributed by atoms with van der Waals surface area (Å²) >= 11 is 0. The summed E-state index contributed by atoms with van der Waals surface area (Å²) in [5.74, 6) is 0.268. The SMILES string of the molecule is C[C@H](Oc1ccccc1)C(=O)N1CC[C@H](N2C(=O)CNC2=O)C1. The molecule has 1 aromatic carbocycles. The largest absolute Gasteiger partial charge is 0.481 e. The van der Waals surface area contributed by atoms with E-state index in [9.17, 15) is 14.4 Å². The van der Waals surface area contributed by atoms with Crippen molar-refractivity contribution in [1.29, 1.82) is 0 Å². The number of ether oxygens (including phenoxy) is 1. The first-order valence-corrected chi connectivity index (χ1v) is 7.66. The molecule has 0 bridgehead atoms. The molecule has 0 radical (unpaired) electrons. The summed E-state index contributed by atoms with van der Waals surface area (Å²) < 4.78 is 5.64. The minimum absolute atomic E-state index is 0.0385. The highest BCUT2D eigenvalue weighted by Crippen LogP contribution is 2.20. The molecule has 4 amide bonds. The number of amides is 4. The molecule has 7 heteroatoms. The van der Waals surface area contributed by atoms with Crippen molar-refractivity contribution in [3.05, 3.63) is 30.3 Å². The van der Waals surface area contributed by atoms with Gasteiger partial charge in [-0.2, -0.15) is 0 Å². The third-order valence-corrected chi connectivity index (χ3v) is 4.12. The Kier molecular flexibility index (Phi) is 4.18. The second-order valence-corrected chi connectivity index (χ2v) is 5.72. The van der Waals surface area contributed by atoms with Crippen LogP contribution in [-0.4, -0.2) is 59.4 Å². The third kappa shape index (κ3) is 3.13. The van der Waals surface area contributed by atoms with E-state index in [0.717, 1.165) is 0 Å². The van der Waals surface area contributed by atoms with Gasteiger partial charge in [-0.25, -0.2) is 4.79 Å². The van der Waals surface area contributed by atoms with Crippen molar-refractivity contribution in [1.82, 2.24) is 15.1 Å². The van der Waals surface area contributed by atoms with Crippen LogP contribution in [0.1, 0.15) is 13.3 Å². The van der Waals surface area contributed by atoms with Crippen molar-refractivity contribution >= 4 is 17.8 Å². The van der Waals surface area contributed by atoms with Crippen LogP contribution in [0.15, 0.2) is 30.3 Å². The highest BCUT2D eigenvalue weighted by atomic mass is 16.5. The van der Waals surface area contributed by atoms with Gasteiger partial charge in [0.2, 0.25) is 5.91 Å². The Morgan fingerprint density at radius 1 is 1.30 bits per heavy atom. The van der Waals surface area contributed by atoms with Crippen LogP contribution >= 0.6 is 0 Å². The topological polar surface area (TPSA) is 79.0 Å². The Balaban J connectivity index is 1.59. The van der Waals surface area contributed by atoms with Gasteiger partial charge < -0.3 is 15.0 Å². The van der Waals surface area contributed by atoms with E-state index < -0.39 is 6.10 Å². The molecule has 2 saturated heterocycles. The number of hydrogen-bond donors (Lipinski definition) is 1. The number of hydrogen-bond acceptors (Lipinski definition) is 4. The van der Waals surface area contributed by atoms with Crippen LogP contribution < -0.4 is 10.1 Å². The molecule has 0 aliphatic carbocycles. The summed E-state index contributed by atoms with van der Waals surface area (Å²) in [6.45, 7) is 2.62. The summed E-state index contributed by atoms with van der Waals surface area (Å²) in [7, 11) is 0. The molecule has 23 heavy (non-hydrogen) atoms. The zero-order valence-electron chi connectivity index (χ0n) is 12.9. The summed E-state index contributed by atoms with van der Waals surface area (Å²) in [5.41, 5.74) is 0. The maximum absolute atomic E-state index is 12.5. The highest BCUT2D eigenvalue weighted by molar-refractivity contribution is 6.02. The number of carbonyl (C=O) groups excluding carboxylic acids is 3. The Morgan fingerprint density at radius 2 is 2.04 bits per heavy atom. The predicted molar refractivity (Wildman–Crippen MR) is 81.8 cm³/mol. The van der Waals surface area contributed by atoms with Crippen molar-refractivity contribution in [2.75, 3.05) is 19.6 Å². The molecule has 2 aliphatic rings. The van der Waals surface area contributed by atoms with Crippen molar-refractivity contribution in [3.63, 3.8) is 0 Å². The quantitative estimate of drug-likeness (QED) is 0.825. The van der Waals surface area contributed by atoms with Gasteiger partial charge in [-0.15, -0.1) is 0 Å². The van der Waals surface area contributed by atoms with Crippen molar-refractivity contribution in [2.24, 2.45) is 0 Å². The van der Waals surface area contributed by atoms with Gasteiger partial charge in [-0.1, -0.05) is 18.2 Å². The molecule has 1 aromatic rings. The fourth-order valence-electron chi connectivity index (χ4n) is 2.97. The second kappa shape index (κ2) is 6.28. The molecule has 3 rings (SSSR count). The van der Waals surface area contributed by atoms with Crippen molar-refractivity contribution < 1.29 is 19.1 Å². The summed E-state index contributed by atoms with van der Waals surface area (Å²) in [6, 6.07) is 8.53. The Hall–Kier alpha value is -2.57. The molecule has 122 valence electrons. The first-order chi connectivity index (χ1) is 11.1. The van der Waals surface area contributed by atoms with Crippen LogP contribution in [0.3, 0.4) is 0 Å². The molecule has 0 spiro atoms. The summed E-state index contributed by atoms with van der Waals surface area (Å²) in [6.07, 6.45) is -0.0116. The first-order valence-electron chi connectivity index (χ1n) is 7.66. The average molecular weight is 317 g/mol. The van der Waals surface area contributed by atoms with Crippen molar-refractivity contribution in [2.45, 2.75) is 25.5 Å². The second-order valence-electron chi connectivity index (χ2n) is 5.72. The Morgan fingerprint density at radius 3 is 2.70 bits per heavy atom. The Bertz CT molecular complexity index is 603. The number of likely N-dealkylation sites (tertiary alicyclic amines) is 1. The van der Waals surface area contributed by atoms with Gasteiger partial charge in [0.05, 0.1) is 12.6 Å². The highest BCUT2D eigenvalue weighted by Gasteiger charge is 2.40. The summed E-state index contributed by atoms with van der Waals surface area (Å²) in [4.78, 5) is 38.8. The van der Waals surface area contributed by atoms with Gasteiger partial charge in [-0.3, -0.25) is 14.5 Å². The van der Waals surface area contributed by atoms with E-state index in [1.807, 2.05) is 18.2 Å². The Labute approximate surface area is 134 Å². The summed E-state index contributed by atoms with van der Waals surface area (Å²) in [5, 5.41) is 2.51. The third-order valence-electron chi connectivity index (χ3n) is 4.12. The van der Waals surface area contributed by atoms with Crippen LogP contribution in [0.4, 0.5) is 4.79 Å². The molecule has 0 saturated carbocycles. The number of urea groups is 1. The smallest absolute Gasteiger partial charge is 0.324 e. The van der Waals surface area contributed by atoms with Gasteiger partial charge in [-0.05, 0) is 25.5 Å². The molecule has 2 aliphatic heterocycles. The van der Waals surface area contributed by atoms with E-state index in [-0.39, 0.29) is 30.4 Å². The van der Waals surface area contributed by atoms with Gasteiger partial charge in [0.15, 0.2) is 6.10 Å². The molecule has 1 N–H and O–H groups in total.